The Bertz CT molecular complexity index is 814. The molecule has 2 aliphatic heterocycles. The predicted molar refractivity (Wildman–Crippen MR) is 106 cm³/mol. The van der Waals surface area contributed by atoms with Gasteiger partial charge in [-0.15, -0.1) is 0 Å². The van der Waals surface area contributed by atoms with Crippen molar-refractivity contribution < 1.29 is 14.0 Å². The Labute approximate surface area is 169 Å². The molecule has 28 heavy (non-hydrogen) atoms. The number of carbonyl (C=O) groups excluding carboxylic acids is 2. The van der Waals surface area contributed by atoms with Crippen molar-refractivity contribution in [1.29, 1.82) is 0 Å². The minimum absolute atomic E-state index is 0.0588. The largest absolute Gasteiger partial charge is 0.459 e. The first-order valence-corrected chi connectivity index (χ1v) is 10.1. The molecule has 1 atom stereocenters. The molecule has 2 aliphatic rings. The normalized spacial score (nSPS) is 20.5. The maximum Gasteiger partial charge on any atom is 0.290 e. The van der Waals surface area contributed by atoms with Crippen LogP contribution in [0.1, 0.15) is 29.0 Å². The number of benzene rings is 1. The van der Waals surface area contributed by atoms with Crippen LogP contribution in [-0.4, -0.2) is 65.3 Å². The van der Waals surface area contributed by atoms with Gasteiger partial charge >= 0.3 is 0 Å². The first-order valence-electron chi connectivity index (χ1n) is 9.72. The van der Waals surface area contributed by atoms with Gasteiger partial charge in [-0.25, -0.2) is 0 Å². The molecule has 1 aromatic carbocycles. The third kappa shape index (κ3) is 4.08. The van der Waals surface area contributed by atoms with E-state index in [1.807, 2.05) is 29.2 Å². The fourth-order valence-corrected chi connectivity index (χ4v) is 4.12. The first-order chi connectivity index (χ1) is 13.6. The molecule has 2 amide bonds. The number of rotatable bonds is 4. The van der Waals surface area contributed by atoms with Gasteiger partial charge in [0.25, 0.3) is 5.91 Å². The van der Waals surface area contributed by atoms with Crippen LogP contribution in [0.15, 0.2) is 47.1 Å². The molecule has 7 heteroatoms. The van der Waals surface area contributed by atoms with E-state index in [1.54, 1.807) is 17.0 Å². The zero-order chi connectivity index (χ0) is 19.5. The smallest absolute Gasteiger partial charge is 0.290 e. The lowest BCUT2D eigenvalue weighted by Gasteiger charge is -2.37. The van der Waals surface area contributed by atoms with Crippen LogP contribution in [0.3, 0.4) is 0 Å². The number of likely N-dealkylation sites (tertiary alicyclic amines) is 1. The van der Waals surface area contributed by atoms with Crippen LogP contribution in [0, 0.1) is 0 Å². The highest BCUT2D eigenvalue weighted by Gasteiger charge is 2.38. The van der Waals surface area contributed by atoms with Gasteiger partial charge in [-0.05, 0) is 42.7 Å². The molecule has 4 rings (SSSR count). The molecule has 0 spiro atoms. The highest BCUT2D eigenvalue weighted by molar-refractivity contribution is 6.30. The van der Waals surface area contributed by atoms with Crippen molar-refractivity contribution in [2.45, 2.75) is 25.4 Å². The number of carbonyl (C=O) groups is 2. The molecule has 2 saturated heterocycles. The summed E-state index contributed by atoms with van der Waals surface area (Å²) >= 11 is 5.95. The van der Waals surface area contributed by atoms with E-state index in [0.29, 0.717) is 25.4 Å². The Hall–Kier alpha value is -2.31. The van der Waals surface area contributed by atoms with Crippen LogP contribution >= 0.6 is 11.6 Å². The Kier molecular flexibility index (Phi) is 5.69. The van der Waals surface area contributed by atoms with E-state index in [0.717, 1.165) is 37.5 Å². The third-order valence-electron chi connectivity index (χ3n) is 5.53. The summed E-state index contributed by atoms with van der Waals surface area (Å²) in [6.45, 7) is 4.48. The maximum atomic E-state index is 13.1. The summed E-state index contributed by atoms with van der Waals surface area (Å²) in [7, 11) is 0. The molecule has 6 nitrogen and oxygen atoms in total. The zero-order valence-corrected chi connectivity index (χ0v) is 16.5. The van der Waals surface area contributed by atoms with Gasteiger partial charge in [-0.2, -0.15) is 0 Å². The Morgan fingerprint density at radius 3 is 2.46 bits per heavy atom. The molecule has 0 aliphatic carbocycles. The number of piperazine rings is 1. The van der Waals surface area contributed by atoms with E-state index in [9.17, 15) is 9.59 Å². The van der Waals surface area contributed by atoms with E-state index in [4.69, 9.17) is 16.0 Å². The summed E-state index contributed by atoms with van der Waals surface area (Å²) in [4.78, 5) is 31.6. The molecule has 1 aromatic heterocycles. The van der Waals surface area contributed by atoms with Gasteiger partial charge in [0, 0.05) is 44.3 Å². The molecule has 0 N–H and O–H groups in total. The second kappa shape index (κ2) is 8.37. The summed E-state index contributed by atoms with van der Waals surface area (Å²) in [5, 5.41) is 0.740. The minimum Gasteiger partial charge on any atom is -0.459 e. The minimum atomic E-state index is -0.375. The molecule has 148 valence electrons. The molecule has 2 fully saturated rings. The number of hydrogen-bond donors (Lipinski definition) is 0. The third-order valence-corrected chi connectivity index (χ3v) is 5.79. The summed E-state index contributed by atoms with van der Waals surface area (Å²) in [6.07, 6.45) is 3.05. The summed E-state index contributed by atoms with van der Waals surface area (Å²) in [5.41, 5.74) is 1.22. The van der Waals surface area contributed by atoms with Gasteiger partial charge in [0.05, 0.1) is 6.26 Å². The van der Waals surface area contributed by atoms with Crippen molar-refractivity contribution in [3.05, 3.63) is 59.0 Å². The topological polar surface area (TPSA) is 57.0 Å². The lowest BCUT2D eigenvalue weighted by molar-refractivity contribution is -0.137. The van der Waals surface area contributed by atoms with Crippen molar-refractivity contribution in [2.75, 3.05) is 32.7 Å². The summed E-state index contributed by atoms with van der Waals surface area (Å²) < 4.78 is 5.23. The average Bonchev–Trinajstić information content (AvgIpc) is 3.41. The molecular formula is C21H24ClN3O3. The van der Waals surface area contributed by atoms with Crippen LogP contribution in [0.5, 0.6) is 0 Å². The monoisotopic (exact) mass is 401 g/mol. The molecular weight excluding hydrogens is 378 g/mol. The molecule has 0 unspecified atom stereocenters. The Balaban J connectivity index is 1.33. The van der Waals surface area contributed by atoms with Crippen molar-refractivity contribution in [2.24, 2.45) is 0 Å². The maximum absolute atomic E-state index is 13.1. The number of hydrogen-bond acceptors (Lipinski definition) is 4. The second-order valence-electron chi connectivity index (χ2n) is 7.36. The fourth-order valence-electron chi connectivity index (χ4n) is 3.99. The highest BCUT2D eigenvalue weighted by Crippen LogP contribution is 2.23. The van der Waals surface area contributed by atoms with Gasteiger partial charge in [-0.1, -0.05) is 23.7 Å². The lowest BCUT2D eigenvalue weighted by atomic mass is 10.1. The number of furan rings is 1. The SMILES string of the molecule is O=C([C@@H]1CCCN1C(=O)c1ccco1)N1CCN(Cc2ccc(Cl)cc2)CC1. The van der Waals surface area contributed by atoms with Crippen LogP contribution in [0.4, 0.5) is 0 Å². The van der Waals surface area contributed by atoms with Gasteiger partial charge in [0.15, 0.2) is 5.76 Å². The van der Waals surface area contributed by atoms with Crippen LogP contribution < -0.4 is 0 Å². The van der Waals surface area contributed by atoms with E-state index >= 15 is 0 Å². The molecule has 3 heterocycles. The lowest BCUT2D eigenvalue weighted by Crippen LogP contribution is -2.54. The first kappa shape index (κ1) is 19.0. The molecule has 2 aromatic rings. The number of nitrogens with zero attached hydrogens (tertiary/aromatic N) is 3. The van der Waals surface area contributed by atoms with Gasteiger partial charge < -0.3 is 14.2 Å². The standard InChI is InChI=1S/C21H24ClN3O3/c22-17-7-5-16(6-8-17)15-23-10-12-24(13-11-23)20(26)18-3-1-9-25(18)21(27)19-4-2-14-28-19/h2,4-8,14,18H,1,3,9-13,15H2/t18-/m0/s1. The Morgan fingerprint density at radius 2 is 1.79 bits per heavy atom. The van der Waals surface area contributed by atoms with Crippen LogP contribution in [-0.2, 0) is 11.3 Å². The van der Waals surface area contributed by atoms with Crippen molar-refractivity contribution in [3.8, 4) is 0 Å². The Morgan fingerprint density at radius 1 is 1.04 bits per heavy atom. The fraction of sp³-hybridized carbons (Fsp3) is 0.429. The zero-order valence-electron chi connectivity index (χ0n) is 15.7. The van der Waals surface area contributed by atoms with E-state index < -0.39 is 0 Å². The van der Waals surface area contributed by atoms with E-state index in [2.05, 4.69) is 4.90 Å². The quantitative estimate of drug-likeness (QED) is 0.790. The number of halogens is 1. The predicted octanol–water partition coefficient (Wildman–Crippen LogP) is 2.88. The molecule has 0 bridgehead atoms. The van der Waals surface area contributed by atoms with Gasteiger partial charge in [0.1, 0.15) is 6.04 Å². The van der Waals surface area contributed by atoms with Gasteiger partial charge in [0.2, 0.25) is 5.91 Å². The second-order valence-corrected chi connectivity index (χ2v) is 7.80. The molecule has 0 radical (unpaired) electrons. The van der Waals surface area contributed by atoms with Crippen molar-refractivity contribution >= 4 is 23.4 Å². The van der Waals surface area contributed by atoms with Gasteiger partial charge in [-0.3, -0.25) is 14.5 Å². The van der Waals surface area contributed by atoms with Crippen molar-refractivity contribution in [1.82, 2.24) is 14.7 Å². The van der Waals surface area contributed by atoms with Crippen molar-refractivity contribution in [3.63, 3.8) is 0 Å². The average molecular weight is 402 g/mol. The van der Waals surface area contributed by atoms with E-state index in [1.165, 1.54) is 11.8 Å². The summed E-state index contributed by atoms with van der Waals surface area (Å²) in [5.74, 6) is 0.165. The number of amides is 2. The van der Waals surface area contributed by atoms with Crippen LogP contribution in [0.2, 0.25) is 5.02 Å². The van der Waals surface area contributed by atoms with Crippen LogP contribution in [0.25, 0.3) is 0 Å². The van der Waals surface area contributed by atoms with E-state index in [-0.39, 0.29) is 17.9 Å². The molecule has 0 saturated carbocycles. The highest BCUT2D eigenvalue weighted by atomic mass is 35.5. The summed E-state index contributed by atoms with van der Waals surface area (Å²) in [6, 6.07) is 10.9.